The van der Waals surface area contributed by atoms with Crippen LogP contribution in [0.15, 0.2) is 6.20 Å². The van der Waals surface area contributed by atoms with Crippen molar-refractivity contribution in [1.29, 1.82) is 0 Å². The smallest absolute Gasteiger partial charge is 0.223 e. The Bertz CT molecular complexity index is 581. The number of likely N-dealkylation sites (N-methyl/N-ethyl adjacent to an activating group) is 1. The third-order valence-electron chi connectivity index (χ3n) is 5.71. The van der Waals surface area contributed by atoms with Gasteiger partial charge in [0, 0.05) is 49.3 Å². The first-order valence-corrected chi connectivity index (χ1v) is 9.93. The zero-order valence-corrected chi connectivity index (χ0v) is 17.1. The van der Waals surface area contributed by atoms with Crippen molar-refractivity contribution in [2.75, 3.05) is 26.7 Å². The van der Waals surface area contributed by atoms with Crippen LogP contribution in [0.25, 0.3) is 0 Å². The fourth-order valence-corrected chi connectivity index (χ4v) is 3.98. The molecule has 4 N–H and O–H groups in total. The Labute approximate surface area is 158 Å². The van der Waals surface area contributed by atoms with Gasteiger partial charge in [0.15, 0.2) is 0 Å². The Hall–Kier alpha value is -1.40. The maximum absolute atomic E-state index is 12.8. The van der Waals surface area contributed by atoms with Gasteiger partial charge in [0.25, 0.3) is 0 Å². The van der Waals surface area contributed by atoms with Gasteiger partial charge >= 0.3 is 0 Å². The maximum atomic E-state index is 12.8. The summed E-state index contributed by atoms with van der Waals surface area (Å²) in [5, 5.41) is 10.7. The van der Waals surface area contributed by atoms with Crippen molar-refractivity contribution >= 4 is 5.91 Å². The predicted octanol–water partition coefficient (Wildman–Crippen LogP) is 2.48. The van der Waals surface area contributed by atoms with Crippen molar-refractivity contribution in [3.63, 3.8) is 0 Å². The van der Waals surface area contributed by atoms with Crippen molar-refractivity contribution in [2.24, 2.45) is 23.0 Å². The Morgan fingerprint density at radius 1 is 1.50 bits per heavy atom. The van der Waals surface area contributed by atoms with Crippen LogP contribution >= 0.6 is 0 Å². The van der Waals surface area contributed by atoms with Gasteiger partial charge in [0.1, 0.15) is 0 Å². The predicted molar refractivity (Wildman–Crippen MR) is 106 cm³/mol. The van der Waals surface area contributed by atoms with E-state index in [1.165, 1.54) is 11.3 Å². The van der Waals surface area contributed by atoms with Crippen molar-refractivity contribution in [3.05, 3.63) is 17.5 Å². The molecule has 1 aliphatic rings. The average molecular weight is 364 g/mol. The molecule has 6 nitrogen and oxygen atoms in total. The number of amides is 1. The molecule has 0 aromatic carbocycles. The molecule has 0 aliphatic heterocycles. The molecule has 1 fully saturated rings. The van der Waals surface area contributed by atoms with Gasteiger partial charge in [0.2, 0.25) is 5.91 Å². The van der Waals surface area contributed by atoms with Crippen molar-refractivity contribution in [3.8, 4) is 0 Å². The topological polar surface area (TPSA) is 87.0 Å². The third kappa shape index (κ3) is 5.30. The first-order valence-electron chi connectivity index (χ1n) is 9.93. The number of hydrogen-bond acceptors (Lipinski definition) is 4. The molecule has 1 saturated carbocycles. The van der Waals surface area contributed by atoms with Crippen LogP contribution in [0, 0.1) is 17.3 Å². The molecule has 1 aliphatic carbocycles. The van der Waals surface area contributed by atoms with E-state index < -0.39 is 0 Å². The summed E-state index contributed by atoms with van der Waals surface area (Å²) in [6, 6.07) is 0. The molecule has 1 amide bonds. The number of aromatic amines is 1. The Kier molecular flexibility index (Phi) is 7.24. The minimum atomic E-state index is 0.0358. The number of hydrogen-bond donors (Lipinski definition) is 3. The second kappa shape index (κ2) is 9.00. The van der Waals surface area contributed by atoms with Crippen LogP contribution in [0.2, 0.25) is 0 Å². The van der Waals surface area contributed by atoms with E-state index >= 15 is 0 Å². The highest BCUT2D eigenvalue weighted by Gasteiger charge is 2.41. The van der Waals surface area contributed by atoms with E-state index in [0.29, 0.717) is 18.4 Å². The minimum absolute atomic E-state index is 0.0358. The van der Waals surface area contributed by atoms with E-state index in [1.54, 1.807) is 0 Å². The summed E-state index contributed by atoms with van der Waals surface area (Å²) in [4.78, 5) is 15.0. The number of carbonyl (C=O) groups excluding carboxylic acids is 1. The summed E-state index contributed by atoms with van der Waals surface area (Å²) in [6.07, 6.45) is 4.95. The van der Waals surface area contributed by atoms with Crippen LogP contribution in [0.5, 0.6) is 0 Å². The number of nitrogens with zero attached hydrogens (tertiary/aromatic N) is 2. The summed E-state index contributed by atoms with van der Waals surface area (Å²) < 4.78 is 0. The van der Waals surface area contributed by atoms with E-state index in [9.17, 15) is 4.79 Å². The van der Waals surface area contributed by atoms with Crippen LogP contribution in [0.1, 0.15) is 64.1 Å². The van der Waals surface area contributed by atoms with E-state index in [-0.39, 0.29) is 17.2 Å². The summed E-state index contributed by atoms with van der Waals surface area (Å²) in [6.45, 7) is 11.8. The molecular weight excluding hydrogens is 326 g/mol. The molecule has 6 heteroatoms. The summed E-state index contributed by atoms with van der Waals surface area (Å²) >= 11 is 0. The molecule has 2 rings (SSSR count). The quantitative estimate of drug-likeness (QED) is 0.662. The molecular formula is C20H37N5O. The van der Waals surface area contributed by atoms with Crippen molar-refractivity contribution < 1.29 is 4.79 Å². The largest absolute Gasteiger partial charge is 0.356 e. The lowest BCUT2D eigenvalue weighted by Gasteiger charge is -2.41. The first-order chi connectivity index (χ1) is 12.2. The van der Waals surface area contributed by atoms with E-state index in [0.717, 1.165) is 38.9 Å². The lowest BCUT2D eigenvalue weighted by Crippen LogP contribution is -2.43. The van der Waals surface area contributed by atoms with Gasteiger partial charge in [-0.15, -0.1) is 0 Å². The van der Waals surface area contributed by atoms with E-state index in [4.69, 9.17) is 5.73 Å². The van der Waals surface area contributed by atoms with Gasteiger partial charge in [-0.2, -0.15) is 5.10 Å². The Balaban J connectivity index is 2.10. The number of H-pyrrole nitrogens is 1. The van der Waals surface area contributed by atoms with Gasteiger partial charge in [-0.25, -0.2) is 0 Å². The molecule has 0 saturated heterocycles. The lowest BCUT2D eigenvalue weighted by atomic mass is 9.64. The first kappa shape index (κ1) is 20.9. The summed E-state index contributed by atoms with van der Waals surface area (Å²) in [7, 11) is 2.08. The zero-order valence-electron chi connectivity index (χ0n) is 17.1. The molecule has 2 atom stereocenters. The molecule has 1 aromatic heterocycles. The average Bonchev–Trinajstić information content (AvgIpc) is 3.00. The van der Waals surface area contributed by atoms with Crippen molar-refractivity contribution in [2.45, 2.75) is 59.4 Å². The normalized spacial score (nSPS) is 22.8. The van der Waals surface area contributed by atoms with Crippen LogP contribution in [-0.2, 0) is 11.3 Å². The number of aromatic nitrogens is 2. The van der Waals surface area contributed by atoms with Crippen LogP contribution in [0.3, 0.4) is 0 Å². The molecule has 1 unspecified atom stereocenters. The van der Waals surface area contributed by atoms with E-state index in [1.807, 2.05) is 6.20 Å². The highest BCUT2D eigenvalue weighted by Crippen LogP contribution is 2.47. The summed E-state index contributed by atoms with van der Waals surface area (Å²) in [5.41, 5.74) is 8.13. The number of nitrogens with two attached hydrogens (primary N) is 1. The standard InChI is InChI=1S/C20H37N5O/c1-14(2)11-22-19(26)17-10-15(6-7-20(17,3)4)18-16(12-23-24-18)13-25(5)9-8-21/h12,14-15,17H,6-11,13,21H2,1-5H3,(H,22,26)(H,23,24)/t15?,17-/m1/s1. The molecule has 0 spiro atoms. The number of nitrogens with one attached hydrogen (secondary N) is 2. The van der Waals surface area contributed by atoms with Crippen LogP contribution in [-0.4, -0.2) is 47.7 Å². The third-order valence-corrected chi connectivity index (χ3v) is 5.71. The molecule has 1 heterocycles. The van der Waals surface area contributed by atoms with Gasteiger partial charge in [-0.05, 0) is 37.6 Å². The monoisotopic (exact) mass is 363 g/mol. The van der Waals surface area contributed by atoms with Crippen LogP contribution < -0.4 is 11.1 Å². The molecule has 148 valence electrons. The summed E-state index contributed by atoms with van der Waals surface area (Å²) in [5.74, 6) is 1.08. The maximum Gasteiger partial charge on any atom is 0.223 e. The SMILES string of the molecule is CC(C)CNC(=O)[C@H]1CC(c2[nH]ncc2CN(C)CCN)CCC1(C)C. The van der Waals surface area contributed by atoms with Crippen LogP contribution in [0.4, 0.5) is 0 Å². The minimum Gasteiger partial charge on any atom is -0.356 e. The van der Waals surface area contributed by atoms with Gasteiger partial charge in [-0.3, -0.25) is 9.89 Å². The fourth-order valence-electron chi connectivity index (χ4n) is 3.98. The Morgan fingerprint density at radius 3 is 2.88 bits per heavy atom. The van der Waals surface area contributed by atoms with Gasteiger partial charge < -0.3 is 16.0 Å². The second-order valence-electron chi connectivity index (χ2n) is 8.99. The number of rotatable bonds is 8. The fraction of sp³-hybridized carbons (Fsp3) is 0.800. The Morgan fingerprint density at radius 2 is 2.23 bits per heavy atom. The van der Waals surface area contributed by atoms with Gasteiger partial charge in [0.05, 0.1) is 6.20 Å². The lowest BCUT2D eigenvalue weighted by molar-refractivity contribution is -0.130. The molecule has 26 heavy (non-hydrogen) atoms. The molecule has 0 bridgehead atoms. The second-order valence-corrected chi connectivity index (χ2v) is 8.99. The van der Waals surface area contributed by atoms with Crippen molar-refractivity contribution in [1.82, 2.24) is 20.4 Å². The molecule has 1 aromatic rings. The number of carbonyl (C=O) groups is 1. The van der Waals surface area contributed by atoms with E-state index in [2.05, 4.69) is 55.2 Å². The highest BCUT2D eigenvalue weighted by atomic mass is 16.1. The molecule has 0 radical (unpaired) electrons. The van der Waals surface area contributed by atoms with Gasteiger partial charge in [-0.1, -0.05) is 27.7 Å². The zero-order chi connectivity index (χ0) is 19.3. The highest BCUT2D eigenvalue weighted by molar-refractivity contribution is 5.79.